The van der Waals surface area contributed by atoms with E-state index in [0.29, 0.717) is 11.1 Å². The highest BCUT2D eigenvalue weighted by Gasteiger charge is 2.47. The largest absolute Gasteiger partial charge is 0.573 e. The number of ketones is 1. The Morgan fingerprint density at radius 3 is 2.29 bits per heavy atom. The van der Waals surface area contributed by atoms with Gasteiger partial charge in [-0.1, -0.05) is 48.0 Å². The molecule has 5 nitrogen and oxygen atoms in total. The van der Waals surface area contributed by atoms with Crippen LogP contribution in [-0.2, 0) is 9.59 Å². The molecule has 0 aliphatic carbocycles. The van der Waals surface area contributed by atoms with E-state index in [9.17, 15) is 27.9 Å². The summed E-state index contributed by atoms with van der Waals surface area (Å²) < 4.78 is 42.4. The minimum absolute atomic E-state index is 0.0273. The topological polar surface area (TPSA) is 66.8 Å². The van der Waals surface area contributed by atoms with Crippen LogP contribution in [0.3, 0.4) is 0 Å². The van der Waals surface area contributed by atoms with Gasteiger partial charge in [0.2, 0.25) is 0 Å². The Bertz CT molecular complexity index is 1360. The van der Waals surface area contributed by atoms with Crippen molar-refractivity contribution < 1.29 is 32.6 Å². The molecule has 1 aliphatic rings. The summed E-state index contributed by atoms with van der Waals surface area (Å²) in [5.74, 6) is -2.79. The van der Waals surface area contributed by atoms with Crippen molar-refractivity contribution in [2.75, 3.05) is 4.90 Å². The average molecular weight is 481 g/mol. The van der Waals surface area contributed by atoms with Crippen LogP contribution in [0.2, 0.25) is 0 Å². The van der Waals surface area contributed by atoms with Crippen molar-refractivity contribution in [3.63, 3.8) is 0 Å². The number of alkyl halides is 3. The third-order valence-electron chi connectivity index (χ3n) is 5.91. The molecule has 1 atom stereocenters. The molecule has 1 N–H and O–H groups in total. The first-order valence-electron chi connectivity index (χ1n) is 10.8. The first kappa shape index (κ1) is 24.1. The van der Waals surface area contributed by atoms with E-state index < -0.39 is 29.8 Å². The summed E-state index contributed by atoms with van der Waals surface area (Å²) >= 11 is 0. The van der Waals surface area contributed by atoms with Gasteiger partial charge in [0, 0.05) is 17.3 Å². The van der Waals surface area contributed by atoms with Gasteiger partial charge in [0.05, 0.1) is 11.6 Å². The summed E-state index contributed by atoms with van der Waals surface area (Å²) in [6.07, 6.45) is -4.92. The van der Waals surface area contributed by atoms with Crippen LogP contribution in [0.15, 0.2) is 72.3 Å². The smallest absolute Gasteiger partial charge is 0.507 e. The van der Waals surface area contributed by atoms with Gasteiger partial charge in [0.1, 0.15) is 11.5 Å². The molecular weight excluding hydrogens is 459 g/mol. The lowest BCUT2D eigenvalue weighted by molar-refractivity contribution is -0.274. The predicted octanol–water partition coefficient (Wildman–Crippen LogP) is 6.14. The Morgan fingerprint density at radius 1 is 0.914 bits per heavy atom. The van der Waals surface area contributed by atoms with Crippen LogP contribution in [0.5, 0.6) is 5.75 Å². The molecule has 1 aliphatic heterocycles. The fraction of sp³-hybridized carbons (Fsp3) is 0.185. The van der Waals surface area contributed by atoms with Crippen LogP contribution in [0.25, 0.3) is 5.76 Å². The zero-order valence-corrected chi connectivity index (χ0v) is 19.2. The van der Waals surface area contributed by atoms with E-state index in [1.807, 2.05) is 26.8 Å². The fourth-order valence-corrected chi connectivity index (χ4v) is 4.13. The molecule has 1 amide bonds. The molecule has 4 rings (SSSR count). The van der Waals surface area contributed by atoms with Gasteiger partial charge in [-0.3, -0.25) is 14.5 Å². The van der Waals surface area contributed by atoms with E-state index in [1.54, 1.807) is 36.4 Å². The molecule has 0 saturated carbocycles. The average Bonchev–Trinajstić information content (AvgIpc) is 3.05. The van der Waals surface area contributed by atoms with Gasteiger partial charge >= 0.3 is 6.36 Å². The third kappa shape index (κ3) is 4.77. The van der Waals surface area contributed by atoms with Gasteiger partial charge in [0.15, 0.2) is 0 Å². The molecule has 1 fully saturated rings. The number of carbonyl (C=O) groups is 2. The SMILES string of the molecule is Cc1cccc(C2/C(=C(\O)c3ccc(C)c(C)c3)C(=O)C(=O)N2c2cccc(OC(F)(F)F)c2)c1. The highest BCUT2D eigenvalue weighted by Crippen LogP contribution is 2.43. The summed E-state index contributed by atoms with van der Waals surface area (Å²) in [5, 5.41) is 11.2. The number of benzene rings is 3. The molecule has 0 radical (unpaired) electrons. The van der Waals surface area contributed by atoms with Crippen LogP contribution >= 0.6 is 0 Å². The highest BCUT2D eigenvalue weighted by atomic mass is 19.4. The van der Waals surface area contributed by atoms with Gasteiger partial charge in [0.25, 0.3) is 11.7 Å². The first-order valence-corrected chi connectivity index (χ1v) is 10.8. The van der Waals surface area contributed by atoms with E-state index >= 15 is 0 Å². The van der Waals surface area contributed by atoms with Crippen LogP contribution in [0.1, 0.15) is 33.9 Å². The van der Waals surface area contributed by atoms with Gasteiger partial charge < -0.3 is 9.84 Å². The maximum Gasteiger partial charge on any atom is 0.573 e. The molecule has 0 aromatic heterocycles. The molecule has 3 aromatic carbocycles. The molecule has 0 spiro atoms. The number of rotatable bonds is 4. The van der Waals surface area contributed by atoms with E-state index in [-0.39, 0.29) is 17.0 Å². The van der Waals surface area contributed by atoms with Crippen LogP contribution < -0.4 is 9.64 Å². The molecule has 1 unspecified atom stereocenters. The summed E-state index contributed by atoms with van der Waals surface area (Å²) in [7, 11) is 0. The summed E-state index contributed by atoms with van der Waals surface area (Å²) in [6.45, 7) is 5.59. The van der Waals surface area contributed by atoms with E-state index in [2.05, 4.69) is 4.74 Å². The quantitative estimate of drug-likeness (QED) is 0.276. The number of hydrogen-bond donors (Lipinski definition) is 1. The predicted molar refractivity (Wildman–Crippen MR) is 125 cm³/mol. The number of anilines is 1. The van der Waals surface area contributed by atoms with Crippen molar-refractivity contribution >= 4 is 23.1 Å². The van der Waals surface area contributed by atoms with E-state index in [4.69, 9.17) is 0 Å². The molecule has 180 valence electrons. The number of aliphatic hydroxyl groups excluding tert-OH is 1. The lowest BCUT2D eigenvalue weighted by atomic mass is 9.93. The zero-order chi connectivity index (χ0) is 25.5. The van der Waals surface area contributed by atoms with Gasteiger partial charge in [-0.25, -0.2) is 0 Å². The lowest BCUT2D eigenvalue weighted by Gasteiger charge is -2.26. The minimum atomic E-state index is -4.92. The number of carbonyl (C=O) groups excluding carboxylic acids is 2. The second-order valence-electron chi connectivity index (χ2n) is 8.43. The molecule has 8 heteroatoms. The van der Waals surface area contributed by atoms with Crippen molar-refractivity contribution in [1.82, 2.24) is 0 Å². The number of aliphatic hydroxyl groups is 1. The van der Waals surface area contributed by atoms with Crippen molar-refractivity contribution in [2.24, 2.45) is 0 Å². The Hall–Kier alpha value is -4.07. The van der Waals surface area contributed by atoms with Gasteiger partial charge in [-0.2, -0.15) is 0 Å². The minimum Gasteiger partial charge on any atom is -0.507 e. The van der Waals surface area contributed by atoms with E-state index in [1.165, 1.54) is 12.1 Å². The summed E-state index contributed by atoms with van der Waals surface area (Å²) in [6, 6.07) is 16.0. The zero-order valence-electron chi connectivity index (χ0n) is 19.2. The second-order valence-corrected chi connectivity index (χ2v) is 8.43. The standard InChI is InChI=1S/C27H22F3NO4/c1-15-6-4-7-18(12-15)23-22(24(32)19-11-10-16(2)17(3)13-19)25(33)26(34)31(23)20-8-5-9-21(14-20)35-27(28,29)30/h4-14,23,32H,1-3H3/b24-22+. The molecule has 1 saturated heterocycles. The first-order chi connectivity index (χ1) is 16.5. The molecule has 35 heavy (non-hydrogen) atoms. The summed E-state index contributed by atoms with van der Waals surface area (Å²) in [4.78, 5) is 27.5. The van der Waals surface area contributed by atoms with Crippen molar-refractivity contribution in [2.45, 2.75) is 33.2 Å². The molecule has 3 aromatic rings. The Labute approximate surface area is 200 Å². The van der Waals surface area contributed by atoms with Crippen molar-refractivity contribution in [1.29, 1.82) is 0 Å². The van der Waals surface area contributed by atoms with Crippen LogP contribution in [0.4, 0.5) is 18.9 Å². The normalized spacial score (nSPS) is 17.7. The molecule has 0 bridgehead atoms. The van der Waals surface area contributed by atoms with Gasteiger partial charge in [-0.15, -0.1) is 13.2 Å². The maximum absolute atomic E-state index is 13.2. The Morgan fingerprint density at radius 2 is 1.63 bits per heavy atom. The number of hydrogen-bond acceptors (Lipinski definition) is 4. The lowest BCUT2D eigenvalue weighted by Crippen LogP contribution is -2.29. The number of nitrogens with zero attached hydrogens (tertiary/aromatic N) is 1. The monoisotopic (exact) mass is 481 g/mol. The maximum atomic E-state index is 13.2. The number of Topliss-reactive ketones (excluding diaryl/α,β-unsaturated/α-hetero) is 1. The number of amides is 1. The van der Waals surface area contributed by atoms with Crippen LogP contribution in [-0.4, -0.2) is 23.2 Å². The Balaban J connectivity index is 1.92. The van der Waals surface area contributed by atoms with Crippen molar-refractivity contribution in [3.05, 3.63) is 100 Å². The number of ether oxygens (including phenoxy) is 1. The van der Waals surface area contributed by atoms with E-state index in [0.717, 1.165) is 33.7 Å². The Kier molecular flexibility index (Phi) is 6.15. The second kappa shape index (κ2) is 8.94. The molecular formula is C27H22F3NO4. The number of halogens is 3. The number of aryl methyl sites for hydroxylation is 3. The summed E-state index contributed by atoms with van der Waals surface area (Å²) in [5.41, 5.74) is 3.47. The molecule has 1 heterocycles. The highest BCUT2D eigenvalue weighted by molar-refractivity contribution is 6.51. The van der Waals surface area contributed by atoms with Crippen LogP contribution in [0, 0.1) is 20.8 Å². The third-order valence-corrected chi connectivity index (χ3v) is 5.91. The van der Waals surface area contributed by atoms with Gasteiger partial charge in [-0.05, 0) is 55.7 Å². The fourth-order valence-electron chi connectivity index (χ4n) is 4.13. The van der Waals surface area contributed by atoms with Crippen molar-refractivity contribution in [3.8, 4) is 5.75 Å².